The van der Waals surface area contributed by atoms with Crippen LogP contribution in [0.4, 0.5) is 0 Å². The number of benzene rings is 1. The van der Waals surface area contributed by atoms with Gasteiger partial charge < -0.3 is 14.8 Å². The van der Waals surface area contributed by atoms with Gasteiger partial charge in [-0.25, -0.2) is 0 Å². The molecule has 1 heterocycles. The van der Waals surface area contributed by atoms with E-state index in [9.17, 15) is 4.79 Å². The number of rotatable bonds is 6. The number of nitrogens with one attached hydrogen (secondary N) is 1. The van der Waals surface area contributed by atoms with Crippen molar-refractivity contribution in [2.24, 2.45) is 5.41 Å². The Hall–Kier alpha value is -1.07. The fourth-order valence-corrected chi connectivity index (χ4v) is 2.01. The summed E-state index contributed by atoms with van der Waals surface area (Å²) in [6, 6.07) is 7.56. The number of carbonyl (C=O) groups is 1. The summed E-state index contributed by atoms with van der Waals surface area (Å²) in [5.41, 5.74) is 0.113. The Bertz CT molecular complexity index is 429. The topological polar surface area (TPSA) is 47.6 Å². The Morgan fingerprint density at radius 1 is 1.42 bits per heavy atom. The lowest BCUT2D eigenvalue weighted by atomic mass is 9.89. The molecule has 0 aromatic heterocycles. The minimum absolute atomic E-state index is 0.0187. The number of hydrogen-bond donors (Lipinski definition) is 1. The van der Waals surface area contributed by atoms with Gasteiger partial charge in [-0.3, -0.25) is 4.79 Å². The Kier molecular flexibility index (Phi) is 4.82. The molecular weight excluding hydrogens is 310 g/mol. The average molecular weight is 328 g/mol. The highest BCUT2D eigenvalue weighted by atomic mass is 79.9. The summed E-state index contributed by atoms with van der Waals surface area (Å²) in [4.78, 5) is 11.6. The highest BCUT2D eigenvalue weighted by molar-refractivity contribution is 9.10. The zero-order valence-electron chi connectivity index (χ0n) is 10.9. The van der Waals surface area contributed by atoms with E-state index in [-0.39, 0.29) is 11.3 Å². The van der Waals surface area contributed by atoms with Crippen molar-refractivity contribution in [2.75, 3.05) is 26.4 Å². The van der Waals surface area contributed by atoms with E-state index in [0.717, 1.165) is 23.4 Å². The second-order valence-electron chi connectivity index (χ2n) is 5.13. The van der Waals surface area contributed by atoms with Crippen molar-refractivity contribution in [2.45, 2.75) is 13.3 Å². The highest BCUT2D eigenvalue weighted by Crippen LogP contribution is 2.25. The van der Waals surface area contributed by atoms with Gasteiger partial charge in [0.05, 0.1) is 26.2 Å². The molecule has 19 heavy (non-hydrogen) atoms. The molecule has 0 aliphatic carbocycles. The van der Waals surface area contributed by atoms with E-state index in [1.54, 1.807) is 0 Å². The number of amides is 1. The van der Waals surface area contributed by atoms with Crippen molar-refractivity contribution in [1.82, 2.24) is 5.32 Å². The van der Waals surface area contributed by atoms with Crippen LogP contribution in [0.5, 0.6) is 5.75 Å². The van der Waals surface area contributed by atoms with Crippen LogP contribution in [0.25, 0.3) is 0 Å². The highest BCUT2D eigenvalue weighted by Gasteiger charge is 2.33. The second-order valence-corrected chi connectivity index (χ2v) is 6.05. The SMILES string of the molecule is CC1(CNC(=O)CCOc2ccc(Br)cc2)COC1. The monoisotopic (exact) mass is 327 g/mol. The molecule has 1 amide bonds. The molecule has 0 atom stereocenters. The van der Waals surface area contributed by atoms with Gasteiger partial charge in [-0.15, -0.1) is 0 Å². The van der Waals surface area contributed by atoms with Crippen LogP contribution in [0.15, 0.2) is 28.7 Å². The molecule has 0 unspecified atom stereocenters. The van der Waals surface area contributed by atoms with Gasteiger partial charge in [-0.2, -0.15) is 0 Å². The second kappa shape index (κ2) is 6.39. The minimum atomic E-state index is 0.0187. The molecular formula is C14H18BrNO3. The first-order chi connectivity index (χ1) is 9.07. The number of carbonyl (C=O) groups excluding carboxylic acids is 1. The maximum Gasteiger partial charge on any atom is 0.223 e. The molecule has 0 spiro atoms. The first-order valence-electron chi connectivity index (χ1n) is 6.30. The molecule has 2 rings (SSSR count). The maximum absolute atomic E-state index is 11.6. The van der Waals surface area contributed by atoms with E-state index in [4.69, 9.17) is 9.47 Å². The molecule has 4 nitrogen and oxygen atoms in total. The Balaban J connectivity index is 1.62. The largest absolute Gasteiger partial charge is 0.493 e. The smallest absolute Gasteiger partial charge is 0.223 e. The van der Waals surface area contributed by atoms with Gasteiger partial charge in [0, 0.05) is 16.4 Å². The fourth-order valence-electron chi connectivity index (χ4n) is 1.75. The van der Waals surface area contributed by atoms with E-state index in [1.807, 2.05) is 24.3 Å². The van der Waals surface area contributed by atoms with Gasteiger partial charge in [0.2, 0.25) is 5.91 Å². The van der Waals surface area contributed by atoms with Crippen molar-refractivity contribution in [1.29, 1.82) is 0 Å². The standard InChI is InChI=1S/C14H18BrNO3/c1-14(9-18-10-14)8-16-13(17)6-7-19-12-4-2-11(15)3-5-12/h2-5H,6-10H2,1H3,(H,16,17). The molecule has 1 saturated heterocycles. The quantitative estimate of drug-likeness (QED) is 0.872. The molecule has 1 aliphatic rings. The summed E-state index contributed by atoms with van der Waals surface area (Å²) in [5.74, 6) is 0.792. The zero-order valence-corrected chi connectivity index (χ0v) is 12.5. The van der Waals surface area contributed by atoms with Gasteiger partial charge in [0.1, 0.15) is 5.75 Å². The van der Waals surface area contributed by atoms with Crippen molar-refractivity contribution in [3.8, 4) is 5.75 Å². The summed E-state index contributed by atoms with van der Waals surface area (Å²) >= 11 is 3.36. The van der Waals surface area contributed by atoms with E-state index >= 15 is 0 Å². The minimum Gasteiger partial charge on any atom is -0.493 e. The molecule has 5 heteroatoms. The first-order valence-corrected chi connectivity index (χ1v) is 7.10. The molecule has 1 aromatic carbocycles. The summed E-state index contributed by atoms with van der Waals surface area (Å²) in [5, 5.41) is 2.91. The van der Waals surface area contributed by atoms with Crippen LogP contribution in [0, 0.1) is 5.41 Å². The van der Waals surface area contributed by atoms with Crippen LogP contribution in [-0.4, -0.2) is 32.3 Å². The number of hydrogen-bond acceptors (Lipinski definition) is 3. The van der Waals surface area contributed by atoms with Crippen LogP contribution in [0.1, 0.15) is 13.3 Å². The molecule has 1 aromatic rings. The van der Waals surface area contributed by atoms with Gasteiger partial charge in [0.25, 0.3) is 0 Å². The molecule has 0 radical (unpaired) electrons. The van der Waals surface area contributed by atoms with Crippen molar-refractivity contribution in [3.63, 3.8) is 0 Å². The maximum atomic E-state index is 11.6. The zero-order chi connectivity index (χ0) is 13.7. The van der Waals surface area contributed by atoms with Crippen LogP contribution in [0.3, 0.4) is 0 Å². The Morgan fingerprint density at radius 2 is 2.11 bits per heavy atom. The lowest BCUT2D eigenvalue weighted by Crippen LogP contribution is -2.48. The van der Waals surface area contributed by atoms with Crippen molar-refractivity contribution >= 4 is 21.8 Å². The normalized spacial score (nSPS) is 16.5. The van der Waals surface area contributed by atoms with Crippen LogP contribution >= 0.6 is 15.9 Å². The van der Waals surface area contributed by atoms with Gasteiger partial charge in [0.15, 0.2) is 0 Å². The summed E-state index contributed by atoms with van der Waals surface area (Å²) in [7, 11) is 0. The molecule has 1 N–H and O–H groups in total. The third-order valence-corrected chi connectivity index (χ3v) is 3.55. The molecule has 0 bridgehead atoms. The van der Waals surface area contributed by atoms with Gasteiger partial charge >= 0.3 is 0 Å². The molecule has 1 fully saturated rings. The third kappa shape index (κ3) is 4.51. The number of ether oxygens (including phenoxy) is 2. The summed E-state index contributed by atoms with van der Waals surface area (Å²) < 4.78 is 11.6. The molecule has 1 aliphatic heterocycles. The molecule has 104 valence electrons. The van der Waals surface area contributed by atoms with Crippen LogP contribution in [0.2, 0.25) is 0 Å². The average Bonchev–Trinajstić information content (AvgIpc) is 2.36. The summed E-state index contributed by atoms with van der Waals surface area (Å²) in [6.07, 6.45) is 0.368. The van der Waals surface area contributed by atoms with E-state index in [2.05, 4.69) is 28.2 Å². The molecule has 0 saturated carbocycles. The Morgan fingerprint density at radius 3 is 2.68 bits per heavy atom. The van der Waals surface area contributed by atoms with E-state index in [0.29, 0.717) is 19.6 Å². The predicted octanol–water partition coefficient (Wildman–Crippen LogP) is 2.37. The van der Waals surface area contributed by atoms with Crippen LogP contribution in [-0.2, 0) is 9.53 Å². The van der Waals surface area contributed by atoms with Crippen LogP contribution < -0.4 is 10.1 Å². The van der Waals surface area contributed by atoms with Gasteiger partial charge in [-0.05, 0) is 24.3 Å². The Labute approximate surface area is 121 Å². The van der Waals surface area contributed by atoms with Crippen molar-refractivity contribution < 1.29 is 14.3 Å². The fraction of sp³-hybridized carbons (Fsp3) is 0.500. The first kappa shape index (κ1) is 14.3. The number of halogens is 1. The van der Waals surface area contributed by atoms with E-state index < -0.39 is 0 Å². The lowest BCUT2D eigenvalue weighted by Gasteiger charge is -2.38. The lowest BCUT2D eigenvalue weighted by molar-refractivity contribution is -0.127. The third-order valence-electron chi connectivity index (χ3n) is 3.02. The van der Waals surface area contributed by atoms with E-state index in [1.165, 1.54) is 0 Å². The van der Waals surface area contributed by atoms with Gasteiger partial charge in [-0.1, -0.05) is 22.9 Å². The summed E-state index contributed by atoms with van der Waals surface area (Å²) in [6.45, 7) is 4.62. The predicted molar refractivity (Wildman–Crippen MR) is 76.2 cm³/mol. The van der Waals surface area contributed by atoms with Crippen molar-refractivity contribution in [3.05, 3.63) is 28.7 Å².